The van der Waals surface area contributed by atoms with E-state index in [1.807, 2.05) is 13.8 Å². The van der Waals surface area contributed by atoms with Gasteiger partial charge in [0.05, 0.1) is 11.7 Å². The number of rotatable bonds is 3. The molecule has 3 heteroatoms. The van der Waals surface area contributed by atoms with Crippen LogP contribution < -0.4 is 0 Å². The number of ether oxygens (including phenoxy) is 1. The monoisotopic (exact) mass is 201 g/mol. The topological polar surface area (TPSA) is 32.7 Å². The van der Waals surface area contributed by atoms with Crippen molar-refractivity contribution in [2.75, 3.05) is 26.2 Å². The predicted molar refractivity (Wildman–Crippen MR) is 57.4 cm³/mol. The van der Waals surface area contributed by atoms with Gasteiger partial charge >= 0.3 is 0 Å². The van der Waals surface area contributed by atoms with Crippen molar-refractivity contribution in [3.05, 3.63) is 0 Å². The average Bonchev–Trinajstić information content (AvgIpc) is 2.25. The molecule has 14 heavy (non-hydrogen) atoms. The largest absolute Gasteiger partial charge is 0.390 e. The van der Waals surface area contributed by atoms with Crippen molar-refractivity contribution in [2.45, 2.75) is 45.3 Å². The number of nitrogens with zero attached hydrogens (tertiary/aromatic N) is 1. The Bertz CT molecular complexity index is 165. The van der Waals surface area contributed by atoms with Gasteiger partial charge in [-0.1, -0.05) is 0 Å². The second kappa shape index (κ2) is 5.10. The van der Waals surface area contributed by atoms with Gasteiger partial charge in [-0.05, 0) is 33.6 Å². The average molecular weight is 201 g/mol. The van der Waals surface area contributed by atoms with Crippen molar-refractivity contribution in [1.29, 1.82) is 0 Å². The summed E-state index contributed by atoms with van der Waals surface area (Å²) in [6.07, 6.45) is 2.27. The first-order valence-corrected chi connectivity index (χ1v) is 5.54. The molecule has 0 radical (unpaired) electrons. The van der Waals surface area contributed by atoms with E-state index in [4.69, 9.17) is 4.74 Å². The van der Waals surface area contributed by atoms with Crippen LogP contribution in [0.25, 0.3) is 0 Å². The third-order valence-electron chi connectivity index (χ3n) is 2.58. The van der Waals surface area contributed by atoms with Crippen molar-refractivity contribution in [1.82, 2.24) is 4.90 Å². The van der Waals surface area contributed by atoms with Crippen molar-refractivity contribution < 1.29 is 9.84 Å². The van der Waals surface area contributed by atoms with Crippen LogP contribution in [-0.2, 0) is 4.74 Å². The second-order valence-electron chi connectivity index (χ2n) is 4.90. The Labute approximate surface area is 87.1 Å². The number of hydrogen-bond donors (Lipinski definition) is 1. The zero-order valence-electron chi connectivity index (χ0n) is 9.62. The lowest BCUT2D eigenvalue weighted by atomic mass is 10.1. The maximum atomic E-state index is 9.63. The van der Waals surface area contributed by atoms with Gasteiger partial charge in [0.25, 0.3) is 0 Å². The van der Waals surface area contributed by atoms with Gasteiger partial charge in [0, 0.05) is 26.2 Å². The first-order valence-electron chi connectivity index (χ1n) is 5.54. The van der Waals surface area contributed by atoms with Gasteiger partial charge in [0.1, 0.15) is 0 Å². The first kappa shape index (κ1) is 12.0. The molecule has 0 aromatic heterocycles. The van der Waals surface area contributed by atoms with Gasteiger partial charge in [-0.25, -0.2) is 0 Å². The molecule has 1 atom stereocenters. The molecule has 1 aliphatic heterocycles. The molecule has 0 spiro atoms. The lowest BCUT2D eigenvalue weighted by Crippen LogP contribution is -2.34. The Morgan fingerprint density at radius 2 is 2.21 bits per heavy atom. The van der Waals surface area contributed by atoms with Crippen LogP contribution in [0.3, 0.4) is 0 Å². The minimum atomic E-state index is -0.545. The molecule has 0 saturated carbocycles. The Morgan fingerprint density at radius 3 is 2.86 bits per heavy atom. The fourth-order valence-corrected chi connectivity index (χ4v) is 1.72. The van der Waals surface area contributed by atoms with Crippen LogP contribution in [0.4, 0.5) is 0 Å². The van der Waals surface area contributed by atoms with Gasteiger partial charge in [0.2, 0.25) is 0 Å². The molecule has 0 aromatic rings. The second-order valence-corrected chi connectivity index (χ2v) is 4.90. The Morgan fingerprint density at radius 1 is 1.50 bits per heavy atom. The molecule has 1 saturated heterocycles. The molecule has 1 N–H and O–H groups in total. The van der Waals surface area contributed by atoms with E-state index in [9.17, 15) is 5.11 Å². The third-order valence-corrected chi connectivity index (χ3v) is 2.58. The summed E-state index contributed by atoms with van der Waals surface area (Å²) < 4.78 is 5.56. The van der Waals surface area contributed by atoms with E-state index in [0.29, 0.717) is 6.10 Å². The van der Waals surface area contributed by atoms with Gasteiger partial charge in [-0.2, -0.15) is 0 Å². The molecule has 1 fully saturated rings. The standard InChI is InChI=1S/C11H23NO2/c1-10-9-12(6-4-8-14-10)7-5-11(2,3)13/h10,13H,4-9H2,1-3H3. The summed E-state index contributed by atoms with van der Waals surface area (Å²) in [5.41, 5.74) is -0.545. The van der Waals surface area contributed by atoms with Gasteiger partial charge in [-0.3, -0.25) is 0 Å². The van der Waals surface area contributed by atoms with Gasteiger partial charge in [-0.15, -0.1) is 0 Å². The van der Waals surface area contributed by atoms with Crippen molar-refractivity contribution in [2.24, 2.45) is 0 Å². The van der Waals surface area contributed by atoms with E-state index >= 15 is 0 Å². The van der Waals surface area contributed by atoms with Crippen LogP contribution in [0.1, 0.15) is 33.6 Å². The van der Waals surface area contributed by atoms with E-state index in [1.54, 1.807) is 0 Å². The Kier molecular flexibility index (Phi) is 4.35. The van der Waals surface area contributed by atoms with Crippen molar-refractivity contribution in [3.8, 4) is 0 Å². The first-order chi connectivity index (χ1) is 6.47. The van der Waals surface area contributed by atoms with Gasteiger partial charge < -0.3 is 14.7 Å². The third kappa shape index (κ3) is 4.94. The molecule has 0 bridgehead atoms. The van der Waals surface area contributed by atoms with Crippen LogP contribution in [0, 0.1) is 0 Å². The summed E-state index contributed by atoms with van der Waals surface area (Å²) in [4.78, 5) is 2.38. The fraction of sp³-hybridized carbons (Fsp3) is 1.00. The summed E-state index contributed by atoms with van der Waals surface area (Å²) in [6, 6.07) is 0. The Hall–Kier alpha value is -0.120. The molecule has 0 amide bonds. The van der Waals surface area contributed by atoms with Crippen LogP contribution in [-0.4, -0.2) is 48.0 Å². The molecular formula is C11H23NO2. The lowest BCUT2D eigenvalue weighted by molar-refractivity contribution is 0.0454. The maximum Gasteiger partial charge on any atom is 0.0673 e. The SMILES string of the molecule is CC1CN(CCC(C)(C)O)CCCO1. The zero-order valence-corrected chi connectivity index (χ0v) is 9.62. The van der Waals surface area contributed by atoms with E-state index in [1.165, 1.54) is 0 Å². The van der Waals surface area contributed by atoms with Gasteiger partial charge in [0.15, 0.2) is 0 Å². The highest BCUT2D eigenvalue weighted by Gasteiger charge is 2.18. The number of hydrogen-bond acceptors (Lipinski definition) is 3. The zero-order chi connectivity index (χ0) is 10.6. The van der Waals surface area contributed by atoms with Crippen LogP contribution in [0.2, 0.25) is 0 Å². The van der Waals surface area contributed by atoms with E-state index in [0.717, 1.165) is 39.1 Å². The van der Waals surface area contributed by atoms with Crippen molar-refractivity contribution in [3.63, 3.8) is 0 Å². The predicted octanol–water partition coefficient (Wildman–Crippen LogP) is 1.26. The van der Waals surface area contributed by atoms with Crippen LogP contribution in [0.5, 0.6) is 0 Å². The molecule has 1 aliphatic rings. The molecular weight excluding hydrogens is 178 g/mol. The summed E-state index contributed by atoms with van der Waals surface area (Å²) >= 11 is 0. The lowest BCUT2D eigenvalue weighted by Gasteiger charge is -2.25. The Balaban J connectivity index is 2.28. The van der Waals surface area contributed by atoms with E-state index in [2.05, 4.69) is 11.8 Å². The highest BCUT2D eigenvalue weighted by molar-refractivity contribution is 4.72. The molecule has 0 aromatic carbocycles. The minimum Gasteiger partial charge on any atom is -0.390 e. The minimum absolute atomic E-state index is 0.333. The fourth-order valence-electron chi connectivity index (χ4n) is 1.72. The maximum absolute atomic E-state index is 9.63. The highest BCUT2D eigenvalue weighted by atomic mass is 16.5. The molecule has 84 valence electrons. The quantitative estimate of drug-likeness (QED) is 0.746. The van der Waals surface area contributed by atoms with Crippen molar-refractivity contribution >= 4 is 0 Å². The molecule has 3 nitrogen and oxygen atoms in total. The molecule has 1 rings (SSSR count). The molecule has 1 heterocycles. The van der Waals surface area contributed by atoms with E-state index < -0.39 is 5.60 Å². The van der Waals surface area contributed by atoms with Crippen LogP contribution >= 0.6 is 0 Å². The summed E-state index contributed by atoms with van der Waals surface area (Å²) in [6.45, 7) is 9.78. The van der Waals surface area contributed by atoms with Crippen LogP contribution in [0.15, 0.2) is 0 Å². The smallest absolute Gasteiger partial charge is 0.0673 e. The summed E-state index contributed by atoms with van der Waals surface area (Å²) in [5.74, 6) is 0. The normalized spacial score (nSPS) is 26.1. The summed E-state index contributed by atoms with van der Waals surface area (Å²) in [7, 11) is 0. The molecule has 1 unspecified atom stereocenters. The molecule has 0 aliphatic carbocycles. The number of aliphatic hydroxyl groups is 1. The van der Waals surface area contributed by atoms with E-state index in [-0.39, 0.29) is 0 Å². The summed E-state index contributed by atoms with van der Waals surface area (Å²) in [5, 5.41) is 9.63. The highest BCUT2D eigenvalue weighted by Crippen LogP contribution is 2.11.